The van der Waals surface area contributed by atoms with Gasteiger partial charge in [-0.1, -0.05) is 118 Å². The van der Waals surface area contributed by atoms with Gasteiger partial charge in [0.2, 0.25) is 0 Å². The molecule has 2 aromatic rings. The van der Waals surface area contributed by atoms with Crippen molar-refractivity contribution in [2.45, 2.75) is 130 Å². The van der Waals surface area contributed by atoms with E-state index in [0.29, 0.717) is 22.3 Å². The molecule has 51 heavy (non-hydrogen) atoms. The lowest BCUT2D eigenvalue weighted by molar-refractivity contribution is -0.401. The molecule has 4 N–H and O–H groups in total. The van der Waals surface area contributed by atoms with Crippen molar-refractivity contribution in [1.29, 1.82) is 0 Å². The molecule has 0 unspecified atom stereocenters. The summed E-state index contributed by atoms with van der Waals surface area (Å²) in [6.45, 7) is 26.0. The van der Waals surface area contributed by atoms with Crippen molar-refractivity contribution < 1.29 is 57.1 Å². The second kappa shape index (κ2) is 13.2. The van der Waals surface area contributed by atoms with E-state index in [1.165, 1.54) is 0 Å². The van der Waals surface area contributed by atoms with Gasteiger partial charge >= 0.3 is 26.6 Å². The van der Waals surface area contributed by atoms with Crippen molar-refractivity contribution in [3.05, 3.63) is 57.6 Å². The summed E-state index contributed by atoms with van der Waals surface area (Å²) in [6.07, 6.45) is 0. The van der Waals surface area contributed by atoms with Gasteiger partial charge in [-0.2, -0.15) is 0 Å². The Bertz CT molecular complexity index is 1510. The molecule has 2 heterocycles. The topological polar surface area (TPSA) is 170 Å². The van der Waals surface area contributed by atoms with Crippen molar-refractivity contribution in [1.82, 2.24) is 0 Å². The van der Waals surface area contributed by atoms with Crippen molar-refractivity contribution >= 4 is 15.2 Å². The first-order valence-electron chi connectivity index (χ1n) is 17.1. The smallest absolute Gasteiger partial charge is 0.429 e. The van der Waals surface area contributed by atoms with Gasteiger partial charge in [-0.25, -0.2) is 9.13 Å². The summed E-state index contributed by atoms with van der Waals surface area (Å²) in [5.41, 5.74) is -4.05. The van der Waals surface area contributed by atoms with Gasteiger partial charge in [0.25, 0.3) is 0 Å². The molecule has 2 saturated heterocycles. The molecule has 2 fully saturated rings. The normalized spacial score (nSPS) is 25.6. The summed E-state index contributed by atoms with van der Waals surface area (Å²) < 4.78 is 62.5. The molecule has 2 aromatic carbocycles. The molecule has 0 bridgehead atoms. The van der Waals surface area contributed by atoms with Gasteiger partial charge in [-0.05, 0) is 35.5 Å². The van der Waals surface area contributed by atoms with Crippen LogP contribution in [0.1, 0.15) is 116 Å². The van der Waals surface area contributed by atoms with Crippen molar-refractivity contribution in [3.8, 4) is 11.5 Å². The maximum Gasteiger partial charge on any atom is 0.434 e. The van der Waals surface area contributed by atoms with E-state index in [0.717, 1.165) is 11.1 Å². The number of ether oxygens (including phenoxy) is 6. The molecular formula is C37H58O12P2. The van der Waals surface area contributed by atoms with E-state index >= 15 is 0 Å². The molecule has 0 aromatic heterocycles. The zero-order valence-electron chi connectivity index (χ0n) is 32.6. The number of benzene rings is 2. The predicted molar refractivity (Wildman–Crippen MR) is 194 cm³/mol. The minimum Gasteiger partial charge on any atom is -0.429 e. The molecule has 1 spiro atoms. The van der Waals surface area contributed by atoms with Crippen LogP contribution in [0.2, 0.25) is 0 Å². The molecule has 0 saturated carbocycles. The van der Waals surface area contributed by atoms with Crippen LogP contribution in [0.5, 0.6) is 11.5 Å². The van der Waals surface area contributed by atoms with Crippen LogP contribution in [0.25, 0.3) is 0 Å². The lowest BCUT2D eigenvalue weighted by atomic mass is 9.78. The minimum atomic E-state index is -5.30. The fraction of sp³-hybridized carbons (Fsp3) is 0.676. The van der Waals surface area contributed by atoms with Gasteiger partial charge in [0.15, 0.2) is 0 Å². The summed E-state index contributed by atoms with van der Waals surface area (Å²) in [7, 11) is -10.6. The van der Waals surface area contributed by atoms with E-state index in [9.17, 15) is 28.7 Å². The Morgan fingerprint density at radius 3 is 0.902 bits per heavy atom. The number of hydrogen-bond donors (Lipinski definition) is 4. The average Bonchev–Trinajstić information content (AvgIpc) is 2.93. The van der Waals surface area contributed by atoms with E-state index in [1.54, 1.807) is 0 Å². The molecule has 12 nitrogen and oxygen atoms in total. The Hall–Kier alpha value is -1.82. The predicted octanol–water partition coefficient (Wildman–Crippen LogP) is 7.61. The van der Waals surface area contributed by atoms with Crippen LogP contribution in [0.4, 0.5) is 0 Å². The average molecular weight is 757 g/mol. The first-order chi connectivity index (χ1) is 22.8. The highest BCUT2D eigenvalue weighted by Crippen LogP contribution is 2.60. The number of aryl methyl sites for hydroxylation is 2. The fourth-order valence-electron chi connectivity index (χ4n) is 6.14. The molecule has 0 aliphatic carbocycles. The van der Waals surface area contributed by atoms with Crippen molar-refractivity contribution in [2.24, 2.45) is 5.41 Å². The van der Waals surface area contributed by atoms with Gasteiger partial charge in [-0.3, -0.25) is 0 Å². The van der Waals surface area contributed by atoms with E-state index in [-0.39, 0.29) is 11.5 Å². The highest BCUT2D eigenvalue weighted by atomic mass is 31.2. The van der Waals surface area contributed by atoms with E-state index in [2.05, 4.69) is 0 Å². The molecule has 0 radical (unpaired) electrons. The van der Waals surface area contributed by atoms with Gasteiger partial charge in [-0.15, -0.1) is 0 Å². The monoisotopic (exact) mass is 756 g/mol. The summed E-state index contributed by atoms with van der Waals surface area (Å²) in [6, 6.07) is 7.65. The van der Waals surface area contributed by atoms with Crippen LogP contribution < -0.4 is 9.47 Å². The quantitative estimate of drug-likeness (QED) is 0.213. The summed E-state index contributed by atoms with van der Waals surface area (Å²) in [4.78, 5) is 42.8. The lowest BCUT2D eigenvalue weighted by Gasteiger charge is -2.49. The van der Waals surface area contributed by atoms with E-state index in [1.807, 2.05) is 121 Å². The van der Waals surface area contributed by atoms with Gasteiger partial charge in [0.05, 0.1) is 31.8 Å². The van der Waals surface area contributed by atoms with Crippen molar-refractivity contribution in [3.63, 3.8) is 0 Å². The molecule has 0 amide bonds. The fourth-order valence-corrected chi connectivity index (χ4v) is 7.49. The van der Waals surface area contributed by atoms with E-state index < -0.39 is 80.1 Å². The second-order valence-electron chi connectivity index (χ2n) is 18.4. The molecule has 2 aliphatic rings. The van der Waals surface area contributed by atoms with Gasteiger partial charge in [0, 0.05) is 22.3 Å². The third-order valence-corrected chi connectivity index (χ3v) is 11.2. The van der Waals surface area contributed by atoms with E-state index in [4.69, 9.17) is 28.4 Å². The maximum absolute atomic E-state index is 13.2. The molecule has 288 valence electrons. The Balaban J connectivity index is 1.71. The highest BCUT2D eigenvalue weighted by Gasteiger charge is 2.65. The van der Waals surface area contributed by atoms with Crippen LogP contribution in [0.15, 0.2) is 24.3 Å². The molecule has 0 atom stereocenters. The third kappa shape index (κ3) is 8.46. The Morgan fingerprint density at radius 2 is 0.725 bits per heavy atom. The van der Waals surface area contributed by atoms with Crippen LogP contribution in [-0.4, -0.2) is 57.4 Å². The largest absolute Gasteiger partial charge is 0.434 e. The highest BCUT2D eigenvalue weighted by molar-refractivity contribution is 7.53. The SMILES string of the molecule is Cc1cc(C(C)(C)C)c(OC2(P(=O)(O)O)OCC3(CO2)COC(Oc2c(C(C)(C)C)cc(C)cc2C(C)(C)C)(P(=O)(O)O)OC3)c(C(C)(C)C)c1. The minimum absolute atomic E-state index is 0.243. The first kappa shape index (κ1) is 41.9. The van der Waals surface area contributed by atoms with Crippen LogP contribution in [-0.2, 0) is 49.7 Å². The standard InChI is InChI=1S/C37H58O12P2/c1-23-15-25(31(3,4)5)29(26(16-23)32(6,7)8)48-36(50(38,39)40)44-19-35(20-45-36)21-46-37(47-22-35,51(41,42)43)49-30-27(33(9,10)11)17-24(2)18-28(30)34(12,13)14/h15-18H,19-22H2,1-14H3,(H2,38,39,40)(H2,41,42,43). The summed E-state index contributed by atoms with van der Waals surface area (Å²) >= 11 is 0. The third-order valence-electron chi connectivity index (χ3n) is 9.12. The molecular weight excluding hydrogens is 698 g/mol. The zero-order chi connectivity index (χ0) is 39.0. The van der Waals surface area contributed by atoms with Crippen molar-refractivity contribution in [2.75, 3.05) is 26.4 Å². The summed E-state index contributed by atoms with van der Waals surface area (Å²) in [5.74, 6) is 0.486. The zero-order valence-corrected chi connectivity index (χ0v) is 34.4. The molecule has 14 heteroatoms. The van der Waals surface area contributed by atoms with Gasteiger partial charge in [0.1, 0.15) is 11.5 Å². The van der Waals surface area contributed by atoms with Gasteiger partial charge < -0.3 is 48.0 Å². The maximum atomic E-state index is 13.2. The number of hydrogen-bond acceptors (Lipinski definition) is 8. The molecule has 4 rings (SSSR count). The second-order valence-corrected chi connectivity index (χ2v) is 21.6. The van der Waals surface area contributed by atoms with Crippen LogP contribution in [0.3, 0.4) is 0 Å². The molecule has 2 aliphatic heterocycles. The Morgan fingerprint density at radius 1 is 0.510 bits per heavy atom. The Labute approximate surface area is 302 Å². The Kier molecular flexibility index (Phi) is 10.8. The lowest BCUT2D eigenvalue weighted by Crippen LogP contribution is -2.61. The first-order valence-corrected chi connectivity index (χ1v) is 20.3. The summed E-state index contributed by atoms with van der Waals surface area (Å²) in [5, 5.41) is 0. The number of rotatable bonds is 6. The van der Waals surface area contributed by atoms with Crippen LogP contribution in [0, 0.1) is 19.3 Å². The van der Waals surface area contributed by atoms with Crippen LogP contribution >= 0.6 is 15.2 Å².